The molecular weight excluding hydrogens is 664 g/mol. The number of carbonyl (C=O) groups is 2. The number of nitrogens with zero attached hydrogens (tertiary/aromatic N) is 2. The first-order valence-corrected chi connectivity index (χ1v) is 16.7. The van der Waals surface area contributed by atoms with E-state index in [2.05, 4.69) is 15.9 Å². The van der Waals surface area contributed by atoms with Gasteiger partial charge in [0.15, 0.2) is 11.4 Å². The molecule has 0 aliphatic carbocycles. The number of fused-ring (bicyclic) bond motifs is 1. The van der Waals surface area contributed by atoms with Gasteiger partial charge < -0.3 is 14.2 Å². The lowest BCUT2D eigenvalue weighted by Gasteiger charge is -2.26. The molecule has 0 spiro atoms. The Kier molecular flexibility index (Phi) is 10.2. The van der Waals surface area contributed by atoms with E-state index in [1.807, 2.05) is 60.9 Å². The van der Waals surface area contributed by atoms with Crippen LogP contribution in [0.4, 0.5) is 0 Å². The van der Waals surface area contributed by atoms with Crippen molar-refractivity contribution in [3.8, 4) is 5.75 Å². The largest absolute Gasteiger partial charge is 0.481 e. The summed E-state index contributed by atoms with van der Waals surface area (Å²) >= 11 is 6.35. The van der Waals surface area contributed by atoms with Crippen LogP contribution in [-0.2, 0) is 19.1 Å². The number of esters is 2. The Balaban J connectivity index is 1.66. The first-order chi connectivity index (χ1) is 21.3. The molecule has 0 fully saturated rings. The van der Waals surface area contributed by atoms with E-state index < -0.39 is 18.0 Å². The van der Waals surface area contributed by atoms with Gasteiger partial charge in [0.25, 0.3) is 5.56 Å². The molecule has 8 nitrogen and oxygen atoms in total. The highest BCUT2D eigenvalue weighted by molar-refractivity contribution is 9.10. The van der Waals surface area contributed by atoms with Gasteiger partial charge in [-0.25, -0.2) is 14.6 Å². The molecule has 1 aromatic heterocycles. The van der Waals surface area contributed by atoms with Gasteiger partial charge in [-0.1, -0.05) is 59.9 Å². The van der Waals surface area contributed by atoms with E-state index in [0.717, 1.165) is 21.6 Å². The van der Waals surface area contributed by atoms with Crippen LogP contribution in [0.1, 0.15) is 36.6 Å². The first-order valence-electron chi connectivity index (χ1n) is 13.8. The summed E-state index contributed by atoms with van der Waals surface area (Å²) in [4.78, 5) is 45.8. The summed E-state index contributed by atoms with van der Waals surface area (Å²) in [6.45, 7) is 3.73. The van der Waals surface area contributed by atoms with Crippen molar-refractivity contribution >= 4 is 62.7 Å². The van der Waals surface area contributed by atoms with E-state index in [1.165, 1.54) is 11.3 Å². The number of hydrogen-bond donors (Lipinski definition) is 0. The SMILES string of the molecule is CCOC(=O)COc1ccc(/C=c2\sc3n(c2=O)[C@H](c2ccc(SC)cc2)C(C(=O)OCC)=C(c2ccccc2)N=3)cc1Br. The number of rotatable bonds is 10. The van der Waals surface area contributed by atoms with Crippen molar-refractivity contribution in [3.05, 3.63) is 119 Å². The Morgan fingerprint density at radius 1 is 1.02 bits per heavy atom. The lowest BCUT2D eigenvalue weighted by atomic mass is 9.93. The standard InChI is InChI=1S/C33H29BrN2O6S2/c1-4-40-27(37)19-42-25-16-11-20(17-24(25)34)18-26-31(38)36-30(22-12-14-23(43-3)15-13-22)28(32(39)41-5-2)29(35-33(36)44-26)21-9-7-6-8-10-21/h6-18,30H,4-5,19H2,1-3H3/b26-18-/t30-/m1/s1. The molecule has 1 atom stereocenters. The van der Waals surface area contributed by atoms with Gasteiger partial charge in [0, 0.05) is 10.5 Å². The fourth-order valence-corrected chi connectivity index (χ4v) is 6.68. The molecular formula is C33H29BrN2O6S2. The van der Waals surface area contributed by atoms with Gasteiger partial charge in [0.1, 0.15) is 5.75 Å². The van der Waals surface area contributed by atoms with Crippen molar-refractivity contribution in [1.82, 2.24) is 4.57 Å². The maximum atomic E-state index is 14.1. The van der Waals surface area contributed by atoms with Crippen molar-refractivity contribution in [1.29, 1.82) is 0 Å². The molecule has 44 heavy (non-hydrogen) atoms. The summed E-state index contributed by atoms with van der Waals surface area (Å²) in [5, 5.41) is 0. The number of hydrogen-bond acceptors (Lipinski definition) is 9. The summed E-state index contributed by atoms with van der Waals surface area (Å²) in [6.07, 6.45) is 3.76. The molecule has 0 amide bonds. The zero-order valence-electron chi connectivity index (χ0n) is 24.2. The number of ether oxygens (including phenoxy) is 3. The molecule has 3 aromatic carbocycles. The third-order valence-corrected chi connectivity index (χ3v) is 9.06. The number of thioether (sulfide) groups is 1. The Labute approximate surface area is 270 Å². The van der Waals surface area contributed by atoms with Gasteiger partial charge >= 0.3 is 11.9 Å². The van der Waals surface area contributed by atoms with Crippen molar-refractivity contribution < 1.29 is 23.8 Å². The molecule has 4 aromatic rings. The molecule has 0 radical (unpaired) electrons. The maximum Gasteiger partial charge on any atom is 0.344 e. The molecule has 11 heteroatoms. The Morgan fingerprint density at radius 2 is 1.75 bits per heavy atom. The second-order valence-corrected chi connectivity index (χ2v) is 12.2. The third kappa shape index (κ3) is 6.74. The van der Waals surface area contributed by atoms with E-state index in [1.54, 1.807) is 54.5 Å². The first kappa shape index (κ1) is 31.5. The minimum absolute atomic E-state index is 0.182. The van der Waals surface area contributed by atoms with E-state index in [9.17, 15) is 14.4 Å². The lowest BCUT2D eigenvalue weighted by molar-refractivity contribution is -0.145. The van der Waals surface area contributed by atoms with Crippen LogP contribution < -0.4 is 19.6 Å². The molecule has 1 aliphatic rings. The molecule has 0 bridgehead atoms. The van der Waals surface area contributed by atoms with Crippen LogP contribution in [0.5, 0.6) is 5.75 Å². The molecule has 0 saturated heterocycles. The summed E-state index contributed by atoms with van der Waals surface area (Å²) in [5.74, 6) is -0.512. The van der Waals surface area contributed by atoms with E-state index >= 15 is 0 Å². The zero-order valence-corrected chi connectivity index (χ0v) is 27.5. The van der Waals surface area contributed by atoms with Crippen molar-refractivity contribution in [2.75, 3.05) is 26.1 Å². The molecule has 0 N–H and O–H groups in total. The van der Waals surface area contributed by atoms with Gasteiger partial charge in [-0.3, -0.25) is 9.36 Å². The molecule has 0 saturated carbocycles. The average molecular weight is 694 g/mol. The van der Waals surface area contributed by atoms with Gasteiger partial charge in [0.05, 0.1) is 39.5 Å². The number of halogens is 1. The van der Waals surface area contributed by atoms with Gasteiger partial charge in [-0.05, 0) is 77.5 Å². The minimum Gasteiger partial charge on any atom is -0.481 e. The van der Waals surface area contributed by atoms with Gasteiger partial charge in [-0.15, -0.1) is 11.8 Å². The quantitative estimate of drug-likeness (QED) is 0.163. The minimum atomic E-state index is -0.746. The summed E-state index contributed by atoms with van der Waals surface area (Å²) in [5.41, 5.74) is 2.76. The number of benzene rings is 3. The molecule has 0 unspecified atom stereocenters. The monoisotopic (exact) mass is 692 g/mol. The van der Waals surface area contributed by atoms with Crippen LogP contribution in [0.25, 0.3) is 11.8 Å². The van der Waals surface area contributed by atoms with E-state index in [0.29, 0.717) is 30.8 Å². The predicted molar refractivity (Wildman–Crippen MR) is 176 cm³/mol. The van der Waals surface area contributed by atoms with Gasteiger partial charge in [-0.2, -0.15) is 0 Å². The molecule has 226 valence electrons. The highest BCUT2D eigenvalue weighted by Gasteiger charge is 2.35. The molecule has 1 aliphatic heterocycles. The lowest BCUT2D eigenvalue weighted by Crippen LogP contribution is -2.40. The number of carbonyl (C=O) groups excluding carboxylic acids is 2. The fourth-order valence-electron chi connectivity index (χ4n) is 4.76. The van der Waals surface area contributed by atoms with Gasteiger partial charge in [0.2, 0.25) is 0 Å². The Hall–Kier alpha value is -3.93. The summed E-state index contributed by atoms with van der Waals surface area (Å²) in [7, 11) is 0. The maximum absolute atomic E-state index is 14.1. The Bertz CT molecular complexity index is 1900. The average Bonchev–Trinajstić information content (AvgIpc) is 3.34. The summed E-state index contributed by atoms with van der Waals surface area (Å²) in [6, 6.07) is 21.8. The Morgan fingerprint density at radius 3 is 2.41 bits per heavy atom. The highest BCUT2D eigenvalue weighted by Crippen LogP contribution is 2.35. The van der Waals surface area contributed by atoms with E-state index in [4.69, 9.17) is 19.2 Å². The van der Waals surface area contributed by atoms with Crippen LogP contribution in [0.15, 0.2) is 97.5 Å². The van der Waals surface area contributed by atoms with Crippen LogP contribution in [0, 0.1) is 0 Å². The zero-order chi connectivity index (χ0) is 31.2. The van der Waals surface area contributed by atoms with Crippen LogP contribution in [0.3, 0.4) is 0 Å². The molecule has 5 rings (SSSR count). The molecule has 2 heterocycles. The number of thiazole rings is 1. The van der Waals surface area contributed by atoms with Crippen molar-refractivity contribution in [3.63, 3.8) is 0 Å². The van der Waals surface area contributed by atoms with Crippen LogP contribution >= 0.6 is 39.0 Å². The highest BCUT2D eigenvalue weighted by atomic mass is 79.9. The predicted octanol–water partition coefficient (Wildman–Crippen LogP) is 5.36. The number of aromatic nitrogens is 1. The third-order valence-electron chi connectivity index (χ3n) is 6.71. The smallest absolute Gasteiger partial charge is 0.344 e. The van der Waals surface area contributed by atoms with Crippen molar-refractivity contribution in [2.24, 2.45) is 4.99 Å². The van der Waals surface area contributed by atoms with E-state index in [-0.39, 0.29) is 25.4 Å². The van der Waals surface area contributed by atoms with Crippen LogP contribution in [0.2, 0.25) is 0 Å². The second-order valence-electron chi connectivity index (χ2n) is 9.49. The topological polar surface area (TPSA) is 96.2 Å². The second kappa shape index (κ2) is 14.2. The van der Waals surface area contributed by atoms with Crippen LogP contribution in [-0.4, -0.2) is 42.6 Å². The summed E-state index contributed by atoms with van der Waals surface area (Å²) < 4.78 is 18.7. The fraction of sp³-hybridized carbons (Fsp3) is 0.212. The normalized spacial score (nSPS) is 14.5. The van der Waals surface area contributed by atoms with Crippen molar-refractivity contribution in [2.45, 2.75) is 24.8 Å².